The van der Waals surface area contributed by atoms with Crippen LogP contribution in [0.5, 0.6) is 0 Å². The van der Waals surface area contributed by atoms with E-state index >= 15 is 0 Å². The summed E-state index contributed by atoms with van der Waals surface area (Å²) in [6.45, 7) is 0. The van der Waals surface area contributed by atoms with Crippen molar-refractivity contribution in [3.05, 3.63) is 182 Å². The zero-order chi connectivity index (χ0) is 30.5. The van der Waals surface area contributed by atoms with Gasteiger partial charge < -0.3 is 9.13 Å². The fourth-order valence-electron chi connectivity index (χ4n) is 7.08. The van der Waals surface area contributed by atoms with E-state index in [2.05, 4.69) is 191 Å². The molecule has 0 aliphatic rings. The predicted octanol–water partition coefficient (Wildman–Crippen LogP) is 11.7. The van der Waals surface area contributed by atoms with Crippen molar-refractivity contribution in [3.63, 3.8) is 0 Å². The Morgan fingerprint density at radius 1 is 0.326 bits per heavy atom. The van der Waals surface area contributed by atoms with E-state index in [0.717, 1.165) is 5.69 Å². The Labute approximate surface area is 268 Å². The molecule has 0 aliphatic carbocycles. The molecule has 0 aliphatic heterocycles. The molecule has 0 unspecified atom stereocenters. The Bertz CT molecular complexity index is 2430. The lowest BCUT2D eigenvalue weighted by atomic mass is 9.95. The van der Waals surface area contributed by atoms with E-state index in [1.807, 2.05) is 0 Å². The summed E-state index contributed by atoms with van der Waals surface area (Å²) in [4.78, 5) is 0. The first-order valence-corrected chi connectivity index (χ1v) is 15.8. The number of aromatic nitrogens is 2. The van der Waals surface area contributed by atoms with Gasteiger partial charge in [0.25, 0.3) is 0 Å². The van der Waals surface area contributed by atoms with Crippen LogP contribution in [0.4, 0.5) is 0 Å². The second-order valence-corrected chi connectivity index (χ2v) is 11.8. The van der Waals surface area contributed by atoms with Gasteiger partial charge in [0.15, 0.2) is 0 Å². The van der Waals surface area contributed by atoms with Crippen LogP contribution in [-0.4, -0.2) is 9.13 Å². The summed E-state index contributed by atoms with van der Waals surface area (Å²) in [5.41, 5.74) is 13.2. The summed E-state index contributed by atoms with van der Waals surface area (Å²) < 4.78 is 4.83. The van der Waals surface area contributed by atoms with Gasteiger partial charge in [-0.3, -0.25) is 0 Å². The molecule has 0 bridgehead atoms. The van der Waals surface area contributed by atoms with Crippen molar-refractivity contribution in [2.75, 3.05) is 0 Å². The van der Waals surface area contributed by atoms with Gasteiger partial charge in [0.2, 0.25) is 0 Å². The van der Waals surface area contributed by atoms with Gasteiger partial charge in [0, 0.05) is 39.2 Å². The Kier molecular flexibility index (Phi) is 6.17. The lowest BCUT2D eigenvalue weighted by Gasteiger charge is -2.18. The minimum atomic E-state index is 1.15. The van der Waals surface area contributed by atoms with Crippen molar-refractivity contribution in [1.29, 1.82) is 0 Å². The smallest absolute Gasteiger partial charge is 0.0635 e. The molecular formula is C44H30N2. The summed E-state index contributed by atoms with van der Waals surface area (Å²) in [5.74, 6) is 0. The summed E-state index contributed by atoms with van der Waals surface area (Å²) in [5, 5.41) is 3.74. The van der Waals surface area contributed by atoms with Crippen molar-refractivity contribution in [2.45, 2.75) is 0 Å². The third-order valence-electron chi connectivity index (χ3n) is 9.18. The van der Waals surface area contributed by atoms with E-state index in [9.17, 15) is 0 Å². The van der Waals surface area contributed by atoms with Crippen molar-refractivity contribution < 1.29 is 0 Å². The predicted molar refractivity (Wildman–Crippen MR) is 194 cm³/mol. The van der Waals surface area contributed by atoms with Gasteiger partial charge in [0.05, 0.1) is 22.2 Å². The fraction of sp³-hybridized carbons (Fsp3) is 0. The Morgan fingerprint density at radius 2 is 0.891 bits per heavy atom. The normalized spacial score (nSPS) is 11.5. The number of rotatable bonds is 5. The molecule has 9 aromatic rings. The first-order valence-electron chi connectivity index (χ1n) is 15.8. The van der Waals surface area contributed by atoms with Gasteiger partial charge in [-0.05, 0) is 52.6 Å². The number of para-hydroxylation sites is 2. The van der Waals surface area contributed by atoms with Crippen LogP contribution >= 0.6 is 0 Å². The number of benzene rings is 7. The van der Waals surface area contributed by atoms with Gasteiger partial charge in [-0.2, -0.15) is 0 Å². The third kappa shape index (κ3) is 4.19. The Morgan fingerprint density at radius 3 is 1.54 bits per heavy atom. The molecule has 0 fully saturated rings. The van der Waals surface area contributed by atoms with Crippen LogP contribution in [-0.2, 0) is 0 Å². The maximum atomic E-state index is 2.44. The molecule has 0 N–H and O–H groups in total. The minimum Gasteiger partial charge on any atom is -0.315 e. The van der Waals surface area contributed by atoms with Crippen molar-refractivity contribution in [3.8, 4) is 44.8 Å². The summed E-state index contributed by atoms with van der Waals surface area (Å²) in [6, 6.07) is 63.3. The van der Waals surface area contributed by atoms with Crippen LogP contribution in [0.15, 0.2) is 182 Å². The van der Waals surface area contributed by atoms with Crippen LogP contribution in [0.2, 0.25) is 0 Å². The van der Waals surface area contributed by atoms with Crippen LogP contribution < -0.4 is 0 Å². The molecule has 0 radical (unpaired) electrons. The lowest BCUT2D eigenvalue weighted by Crippen LogP contribution is -1.99. The number of hydrogen-bond donors (Lipinski definition) is 0. The van der Waals surface area contributed by atoms with Crippen LogP contribution in [0.25, 0.3) is 77.5 Å². The summed E-state index contributed by atoms with van der Waals surface area (Å²) in [6.07, 6.45) is 2.25. The van der Waals surface area contributed by atoms with Gasteiger partial charge in [-0.25, -0.2) is 0 Å². The van der Waals surface area contributed by atoms with E-state index in [-0.39, 0.29) is 0 Å². The highest BCUT2D eigenvalue weighted by atomic mass is 15.0. The molecule has 0 spiro atoms. The molecule has 2 aromatic heterocycles. The second-order valence-electron chi connectivity index (χ2n) is 11.8. The van der Waals surface area contributed by atoms with Gasteiger partial charge >= 0.3 is 0 Å². The topological polar surface area (TPSA) is 9.86 Å². The molecule has 2 nitrogen and oxygen atoms in total. The number of nitrogens with zero attached hydrogens (tertiary/aromatic N) is 2. The van der Waals surface area contributed by atoms with Gasteiger partial charge in [-0.1, -0.05) is 146 Å². The van der Waals surface area contributed by atoms with E-state index in [1.54, 1.807) is 0 Å². The summed E-state index contributed by atoms with van der Waals surface area (Å²) >= 11 is 0. The Hall–Kier alpha value is -6.12. The zero-order valence-corrected chi connectivity index (χ0v) is 25.2. The molecule has 0 amide bonds. The molecule has 0 saturated heterocycles. The molecule has 216 valence electrons. The number of hydrogen-bond acceptors (Lipinski definition) is 0. The van der Waals surface area contributed by atoms with Crippen LogP contribution in [0, 0.1) is 0 Å². The highest BCUT2D eigenvalue weighted by Gasteiger charge is 2.20. The molecule has 2 heterocycles. The zero-order valence-electron chi connectivity index (χ0n) is 25.2. The Balaban J connectivity index is 1.32. The first-order chi connectivity index (χ1) is 22.8. The van der Waals surface area contributed by atoms with Crippen LogP contribution in [0.1, 0.15) is 0 Å². The molecule has 7 aromatic carbocycles. The average molecular weight is 587 g/mol. The molecule has 0 saturated carbocycles. The quantitative estimate of drug-likeness (QED) is 0.190. The third-order valence-corrected chi connectivity index (χ3v) is 9.18. The van der Waals surface area contributed by atoms with Gasteiger partial charge in [-0.15, -0.1) is 0 Å². The average Bonchev–Trinajstić information content (AvgIpc) is 3.72. The standard InChI is InChI=1S/C44H30N2/c1-4-13-31(14-5-1)32-23-25-35(26-24-32)46-42-22-11-10-19-38(42)39-27-28-41-40(44(39)46)29-30-45(41)43-36(33-15-6-2-7-16-33)20-12-21-37(43)34-17-8-3-9-18-34/h1-30H. The molecule has 46 heavy (non-hydrogen) atoms. The molecule has 2 heteroatoms. The van der Waals surface area contributed by atoms with E-state index in [4.69, 9.17) is 0 Å². The highest BCUT2D eigenvalue weighted by molar-refractivity contribution is 6.18. The van der Waals surface area contributed by atoms with Gasteiger partial charge in [0.1, 0.15) is 0 Å². The van der Waals surface area contributed by atoms with Crippen molar-refractivity contribution in [1.82, 2.24) is 9.13 Å². The van der Waals surface area contributed by atoms with Crippen LogP contribution in [0.3, 0.4) is 0 Å². The van der Waals surface area contributed by atoms with Crippen molar-refractivity contribution >= 4 is 32.7 Å². The lowest BCUT2D eigenvalue weighted by molar-refractivity contribution is 1.13. The van der Waals surface area contributed by atoms with Crippen molar-refractivity contribution in [2.24, 2.45) is 0 Å². The maximum Gasteiger partial charge on any atom is 0.0635 e. The highest BCUT2D eigenvalue weighted by Crippen LogP contribution is 2.41. The SMILES string of the molecule is c1ccc(-c2ccc(-n3c4ccccc4c4ccc5c(ccn5-c5c(-c6ccccc6)cccc5-c5ccccc5)c43)cc2)cc1. The molecule has 0 atom stereocenters. The number of fused-ring (bicyclic) bond motifs is 5. The van der Waals surface area contributed by atoms with E-state index < -0.39 is 0 Å². The van der Waals surface area contributed by atoms with E-state index in [1.165, 1.54) is 71.8 Å². The largest absolute Gasteiger partial charge is 0.315 e. The second kappa shape index (κ2) is 10.8. The minimum absolute atomic E-state index is 1.15. The monoisotopic (exact) mass is 586 g/mol. The molecular weight excluding hydrogens is 556 g/mol. The van der Waals surface area contributed by atoms with E-state index in [0.29, 0.717) is 0 Å². The summed E-state index contributed by atoms with van der Waals surface area (Å²) in [7, 11) is 0. The fourth-order valence-corrected chi connectivity index (χ4v) is 7.08. The maximum absolute atomic E-state index is 2.44. The molecule has 9 rings (SSSR count). The first kappa shape index (κ1) is 26.3.